The zero-order chi connectivity index (χ0) is 19.1. The molecular formula is C26H27N2+. The van der Waals surface area contributed by atoms with Crippen LogP contribution in [0.25, 0.3) is 33.5 Å². The van der Waals surface area contributed by atoms with E-state index in [4.69, 9.17) is 0 Å². The Hall–Kier alpha value is -2.87. The standard InChI is InChI=1S/C26H27N2/c1-19-10-6-9-15-23(19)26-27(2)24-17-16-21(20-11-4-3-5-12-20)18-25(24)28(26)22-13-7-8-14-22/h3-6,9-12,15-18,22H,7-8,13-14H2,1-2H3/q+1. The molecule has 1 saturated carbocycles. The molecule has 5 rings (SSSR count). The van der Waals surface area contributed by atoms with Crippen molar-refractivity contribution in [3.05, 3.63) is 78.4 Å². The van der Waals surface area contributed by atoms with Gasteiger partial charge < -0.3 is 0 Å². The molecule has 0 atom stereocenters. The molecule has 0 amide bonds. The van der Waals surface area contributed by atoms with Crippen molar-refractivity contribution in [2.24, 2.45) is 7.05 Å². The van der Waals surface area contributed by atoms with E-state index >= 15 is 0 Å². The molecule has 0 unspecified atom stereocenters. The molecule has 3 aromatic carbocycles. The maximum atomic E-state index is 2.64. The fourth-order valence-electron chi connectivity index (χ4n) is 4.87. The molecule has 4 aromatic rings. The van der Waals surface area contributed by atoms with Crippen LogP contribution in [-0.2, 0) is 7.05 Å². The van der Waals surface area contributed by atoms with Gasteiger partial charge in [0, 0.05) is 0 Å². The van der Waals surface area contributed by atoms with Gasteiger partial charge in [0.05, 0.1) is 12.6 Å². The predicted octanol–water partition coefficient (Wildman–Crippen LogP) is 6.22. The van der Waals surface area contributed by atoms with Crippen molar-refractivity contribution in [1.29, 1.82) is 0 Å². The number of aromatic nitrogens is 2. The summed E-state index contributed by atoms with van der Waals surface area (Å²) in [5.74, 6) is 1.34. The molecule has 0 N–H and O–H groups in total. The maximum absolute atomic E-state index is 2.64. The van der Waals surface area contributed by atoms with Crippen molar-refractivity contribution in [3.8, 4) is 22.5 Å². The van der Waals surface area contributed by atoms with Crippen LogP contribution in [0.15, 0.2) is 72.8 Å². The SMILES string of the molecule is Cc1ccccc1-c1n(C2CCCC2)c2cc(-c3ccccc3)ccc2[n+]1C. The lowest BCUT2D eigenvalue weighted by atomic mass is 10.0. The van der Waals surface area contributed by atoms with Gasteiger partial charge in [-0.3, -0.25) is 0 Å². The summed E-state index contributed by atoms with van der Waals surface area (Å²) in [7, 11) is 2.22. The minimum atomic E-state index is 0.587. The molecule has 1 heterocycles. The zero-order valence-electron chi connectivity index (χ0n) is 16.7. The van der Waals surface area contributed by atoms with Gasteiger partial charge in [0.2, 0.25) is 0 Å². The second-order valence-corrected chi connectivity index (χ2v) is 8.08. The Morgan fingerprint density at radius 1 is 0.821 bits per heavy atom. The average molecular weight is 368 g/mol. The van der Waals surface area contributed by atoms with Gasteiger partial charge in [-0.15, -0.1) is 0 Å². The predicted molar refractivity (Wildman–Crippen MR) is 116 cm³/mol. The average Bonchev–Trinajstić information content (AvgIpc) is 3.35. The molecule has 1 aliphatic carbocycles. The van der Waals surface area contributed by atoms with Gasteiger partial charge in [-0.2, -0.15) is 0 Å². The number of aryl methyl sites for hydroxylation is 2. The van der Waals surface area contributed by atoms with E-state index in [0.29, 0.717) is 6.04 Å². The fourth-order valence-corrected chi connectivity index (χ4v) is 4.87. The largest absolute Gasteiger partial charge is 0.290 e. The third-order valence-corrected chi connectivity index (χ3v) is 6.33. The first kappa shape index (κ1) is 17.2. The molecule has 28 heavy (non-hydrogen) atoms. The van der Waals surface area contributed by atoms with E-state index in [1.165, 1.54) is 64.8 Å². The first-order valence-electron chi connectivity index (χ1n) is 10.4. The minimum absolute atomic E-state index is 0.587. The van der Waals surface area contributed by atoms with Crippen LogP contribution in [0, 0.1) is 6.92 Å². The summed E-state index contributed by atoms with van der Waals surface area (Å²) in [5.41, 5.74) is 7.92. The number of rotatable bonds is 3. The second-order valence-electron chi connectivity index (χ2n) is 8.08. The van der Waals surface area contributed by atoms with Gasteiger partial charge in [0.25, 0.3) is 5.82 Å². The van der Waals surface area contributed by atoms with Gasteiger partial charge in [-0.25, -0.2) is 9.13 Å². The summed E-state index contributed by atoms with van der Waals surface area (Å²) >= 11 is 0. The molecule has 0 saturated heterocycles. The van der Waals surface area contributed by atoms with E-state index in [9.17, 15) is 0 Å². The molecule has 0 spiro atoms. The monoisotopic (exact) mass is 367 g/mol. The van der Waals surface area contributed by atoms with Gasteiger partial charge in [-0.05, 0) is 73.6 Å². The topological polar surface area (TPSA) is 8.81 Å². The van der Waals surface area contributed by atoms with E-state index < -0.39 is 0 Å². The normalized spacial score (nSPS) is 14.8. The zero-order valence-corrected chi connectivity index (χ0v) is 16.7. The molecule has 0 radical (unpaired) electrons. The fraction of sp³-hybridized carbons (Fsp3) is 0.269. The maximum Gasteiger partial charge on any atom is 0.290 e. The Morgan fingerprint density at radius 2 is 1.54 bits per heavy atom. The van der Waals surface area contributed by atoms with Crippen LogP contribution in [0.1, 0.15) is 37.3 Å². The van der Waals surface area contributed by atoms with Gasteiger partial charge >= 0.3 is 0 Å². The first-order chi connectivity index (χ1) is 13.7. The number of hydrogen-bond acceptors (Lipinski definition) is 0. The van der Waals surface area contributed by atoms with Crippen LogP contribution in [0.5, 0.6) is 0 Å². The van der Waals surface area contributed by atoms with Crippen LogP contribution in [-0.4, -0.2) is 4.57 Å². The molecule has 2 heteroatoms. The third-order valence-electron chi connectivity index (χ3n) is 6.33. The number of imidazole rings is 1. The Bertz CT molecular complexity index is 1130. The molecule has 1 aromatic heterocycles. The summed E-state index contributed by atoms with van der Waals surface area (Å²) < 4.78 is 5.03. The molecule has 2 nitrogen and oxygen atoms in total. The van der Waals surface area contributed by atoms with Crippen LogP contribution in [0.4, 0.5) is 0 Å². The number of nitrogens with zero attached hydrogens (tertiary/aromatic N) is 2. The van der Waals surface area contributed by atoms with Crippen molar-refractivity contribution in [1.82, 2.24) is 4.57 Å². The second kappa shape index (κ2) is 6.94. The lowest BCUT2D eigenvalue weighted by molar-refractivity contribution is -0.634. The summed E-state index contributed by atoms with van der Waals surface area (Å²) in [5, 5.41) is 0. The Morgan fingerprint density at radius 3 is 2.29 bits per heavy atom. The quantitative estimate of drug-likeness (QED) is 0.380. The number of fused-ring (bicyclic) bond motifs is 1. The third kappa shape index (κ3) is 2.75. The van der Waals surface area contributed by atoms with Crippen LogP contribution in [0.3, 0.4) is 0 Å². The molecule has 140 valence electrons. The van der Waals surface area contributed by atoms with Crippen molar-refractivity contribution in [2.75, 3.05) is 0 Å². The first-order valence-corrected chi connectivity index (χ1v) is 10.4. The number of hydrogen-bond donors (Lipinski definition) is 0. The highest BCUT2D eigenvalue weighted by atomic mass is 15.2. The molecule has 1 aliphatic rings. The van der Waals surface area contributed by atoms with Crippen molar-refractivity contribution in [3.63, 3.8) is 0 Å². The van der Waals surface area contributed by atoms with Gasteiger partial charge in [-0.1, -0.05) is 48.5 Å². The highest BCUT2D eigenvalue weighted by molar-refractivity contribution is 5.83. The minimum Gasteiger partial charge on any atom is -0.226 e. The molecule has 1 fully saturated rings. The van der Waals surface area contributed by atoms with Gasteiger partial charge in [0.1, 0.15) is 6.04 Å². The lowest BCUT2D eigenvalue weighted by Crippen LogP contribution is -2.31. The Labute approximate surface area is 167 Å². The van der Waals surface area contributed by atoms with Crippen LogP contribution >= 0.6 is 0 Å². The van der Waals surface area contributed by atoms with Gasteiger partial charge in [0.15, 0.2) is 11.0 Å². The highest BCUT2D eigenvalue weighted by Gasteiger charge is 2.32. The molecular weight excluding hydrogens is 340 g/mol. The van der Waals surface area contributed by atoms with E-state index in [1.807, 2.05) is 0 Å². The van der Waals surface area contributed by atoms with E-state index in [1.54, 1.807) is 0 Å². The van der Waals surface area contributed by atoms with Crippen molar-refractivity contribution >= 4 is 11.0 Å². The van der Waals surface area contributed by atoms with E-state index in [2.05, 4.69) is 95.9 Å². The van der Waals surface area contributed by atoms with Crippen LogP contribution < -0.4 is 4.57 Å². The smallest absolute Gasteiger partial charge is 0.226 e. The number of benzene rings is 3. The van der Waals surface area contributed by atoms with Crippen molar-refractivity contribution < 1.29 is 4.57 Å². The summed E-state index contributed by atoms with van der Waals surface area (Å²) in [6, 6.07) is 27.1. The summed E-state index contributed by atoms with van der Waals surface area (Å²) in [6.45, 7) is 2.22. The van der Waals surface area contributed by atoms with Crippen molar-refractivity contribution in [2.45, 2.75) is 38.6 Å². The Kier molecular flexibility index (Phi) is 4.27. The lowest BCUT2D eigenvalue weighted by Gasteiger charge is -2.12. The highest BCUT2D eigenvalue weighted by Crippen LogP contribution is 2.37. The van der Waals surface area contributed by atoms with Crippen LogP contribution in [0.2, 0.25) is 0 Å². The Balaban J connectivity index is 1.81. The summed E-state index contributed by atoms with van der Waals surface area (Å²) in [6.07, 6.45) is 5.22. The molecule has 0 bridgehead atoms. The summed E-state index contributed by atoms with van der Waals surface area (Å²) in [4.78, 5) is 0. The van der Waals surface area contributed by atoms with E-state index in [0.717, 1.165) is 0 Å². The molecule has 0 aliphatic heterocycles. The van der Waals surface area contributed by atoms with E-state index in [-0.39, 0.29) is 0 Å².